The number of aromatic nitrogens is 2. The van der Waals surface area contributed by atoms with Crippen molar-refractivity contribution in [1.29, 1.82) is 0 Å². The second-order valence-corrected chi connectivity index (χ2v) is 6.73. The fourth-order valence-corrected chi connectivity index (χ4v) is 4.15. The highest BCUT2D eigenvalue weighted by atomic mass is 32.2. The third-order valence-corrected chi connectivity index (χ3v) is 5.35. The van der Waals surface area contributed by atoms with Gasteiger partial charge in [-0.3, -0.25) is 16.0 Å². The minimum absolute atomic E-state index is 0.340. The summed E-state index contributed by atoms with van der Waals surface area (Å²) in [6.07, 6.45) is 6.53. The highest BCUT2D eigenvalue weighted by Gasteiger charge is 2.18. The zero-order valence-corrected chi connectivity index (χ0v) is 12.9. The predicted molar refractivity (Wildman–Crippen MR) is 82.2 cm³/mol. The lowest BCUT2D eigenvalue weighted by molar-refractivity contribution is 0.534. The number of nitrogens with one attached hydrogen (secondary N) is 1. The van der Waals surface area contributed by atoms with E-state index in [1.165, 1.54) is 31.4 Å². The normalized spacial score (nSPS) is 18.1. The number of aryl methyl sites for hydroxylation is 2. The average molecular weight is 282 g/mol. The molecule has 0 aliphatic heterocycles. The van der Waals surface area contributed by atoms with Crippen LogP contribution in [0.25, 0.3) is 0 Å². The quantitative estimate of drug-likeness (QED) is 0.595. The molecule has 0 bridgehead atoms. The highest BCUT2D eigenvalue weighted by Crippen LogP contribution is 2.29. The lowest BCUT2D eigenvalue weighted by Crippen LogP contribution is -2.39. The van der Waals surface area contributed by atoms with Crippen LogP contribution in [0.2, 0.25) is 0 Å². The Labute approximate surface area is 120 Å². The third-order valence-electron chi connectivity index (χ3n) is 3.81. The van der Waals surface area contributed by atoms with Gasteiger partial charge in [-0.05, 0) is 32.8 Å². The molecule has 4 nitrogen and oxygen atoms in total. The van der Waals surface area contributed by atoms with Gasteiger partial charge in [0, 0.05) is 35.7 Å². The van der Waals surface area contributed by atoms with E-state index in [2.05, 4.69) is 40.0 Å². The summed E-state index contributed by atoms with van der Waals surface area (Å²) >= 11 is 2.08. The molecule has 1 atom stereocenters. The topological polar surface area (TPSA) is 55.9 Å². The number of nitrogens with two attached hydrogens (primary N) is 1. The first-order valence-electron chi connectivity index (χ1n) is 7.34. The van der Waals surface area contributed by atoms with E-state index in [1.807, 2.05) is 6.92 Å². The molecule has 1 aliphatic carbocycles. The molecule has 1 aromatic heterocycles. The summed E-state index contributed by atoms with van der Waals surface area (Å²) in [5.41, 5.74) is 5.35. The summed E-state index contributed by atoms with van der Waals surface area (Å²) in [6.45, 7) is 5.11. The molecule has 5 heteroatoms. The molecule has 0 aromatic carbocycles. The maximum atomic E-state index is 5.71. The third kappa shape index (κ3) is 4.23. The Morgan fingerprint density at radius 3 is 2.89 bits per heavy atom. The number of hydrazine groups is 1. The lowest BCUT2D eigenvalue weighted by atomic mass is 10.2. The van der Waals surface area contributed by atoms with Crippen molar-refractivity contribution in [1.82, 2.24) is 15.2 Å². The van der Waals surface area contributed by atoms with E-state index in [0.717, 1.165) is 29.7 Å². The van der Waals surface area contributed by atoms with E-state index in [4.69, 9.17) is 5.84 Å². The van der Waals surface area contributed by atoms with Gasteiger partial charge in [-0.15, -0.1) is 0 Å². The fraction of sp³-hybridized carbons (Fsp3) is 0.786. The summed E-state index contributed by atoms with van der Waals surface area (Å²) < 4.78 is 2.08. The first kappa shape index (κ1) is 14.9. The Morgan fingerprint density at radius 2 is 2.26 bits per heavy atom. The molecular formula is C14H26N4S. The van der Waals surface area contributed by atoms with Gasteiger partial charge >= 0.3 is 0 Å². The molecule has 0 amide bonds. The largest absolute Gasteiger partial charge is 0.271 e. The zero-order valence-electron chi connectivity index (χ0n) is 12.1. The van der Waals surface area contributed by atoms with Gasteiger partial charge in [0.1, 0.15) is 0 Å². The summed E-state index contributed by atoms with van der Waals surface area (Å²) in [5, 5.41) is 5.35. The molecule has 1 aliphatic rings. The van der Waals surface area contributed by atoms with Crippen LogP contribution in [-0.4, -0.2) is 26.8 Å². The summed E-state index contributed by atoms with van der Waals surface area (Å²) in [7, 11) is 0. The Morgan fingerprint density at radius 1 is 1.53 bits per heavy atom. The average Bonchev–Trinajstić information content (AvgIpc) is 3.03. The van der Waals surface area contributed by atoms with Crippen molar-refractivity contribution in [2.75, 3.05) is 5.75 Å². The van der Waals surface area contributed by atoms with Crippen molar-refractivity contribution < 1.29 is 0 Å². The molecule has 1 fully saturated rings. The molecule has 1 heterocycles. The van der Waals surface area contributed by atoms with Crippen LogP contribution >= 0.6 is 11.8 Å². The van der Waals surface area contributed by atoms with E-state index < -0.39 is 0 Å². The lowest BCUT2D eigenvalue weighted by Gasteiger charge is -2.18. The Bertz CT molecular complexity index is 385. The standard InChI is InChI=1S/C14H26N4S/c1-3-18-13(8-11(2)17-18)9-12(16-15)10-19-14-6-4-5-7-14/h8,12,14,16H,3-7,9-10,15H2,1-2H3. The second kappa shape index (κ2) is 7.31. The van der Waals surface area contributed by atoms with E-state index in [9.17, 15) is 0 Å². The fourth-order valence-electron chi connectivity index (χ4n) is 2.76. The Hall–Kier alpha value is -0.520. The molecule has 0 radical (unpaired) electrons. The minimum Gasteiger partial charge on any atom is -0.271 e. The molecule has 0 spiro atoms. The van der Waals surface area contributed by atoms with Crippen LogP contribution in [0.4, 0.5) is 0 Å². The van der Waals surface area contributed by atoms with Crippen LogP contribution in [0.1, 0.15) is 44.0 Å². The van der Waals surface area contributed by atoms with Gasteiger partial charge in [0.2, 0.25) is 0 Å². The van der Waals surface area contributed by atoms with E-state index >= 15 is 0 Å². The summed E-state index contributed by atoms with van der Waals surface area (Å²) in [6, 6.07) is 2.51. The smallest absolute Gasteiger partial charge is 0.0596 e. The van der Waals surface area contributed by atoms with Crippen molar-refractivity contribution in [3.63, 3.8) is 0 Å². The Kier molecular flexibility index (Phi) is 5.73. The van der Waals surface area contributed by atoms with Gasteiger partial charge in [-0.1, -0.05) is 12.8 Å². The SMILES string of the molecule is CCn1nc(C)cc1CC(CSC1CCCC1)NN. The molecular weight excluding hydrogens is 256 g/mol. The highest BCUT2D eigenvalue weighted by molar-refractivity contribution is 7.99. The zero-order chi connectivity index (χ0) is 13.7. The molecule has 1 aromatic rings. The summed E-state index contributed by atoms with van der Waals surface area (Å²) in [4.78, 5) is 0. The van der Waals surface area contributed by atoms with Crippen LogP contribution in [0.15, 0.2) is 6.07 Å². The maximum Gasteiger partial charge on any atom is 0.0596 e. The number of nitrogens with zero attached hydrogens (tertiary/aromatic N) is 2. The van der Waals surface area contributed by atoms with Gasteiger partial charge in [0.15, 0.2) is 0 Å². The first-order chi connectivity index (χ1) is 9.22. The van der Waals surface area contributed by atoms with E-state index in [1.54, 1.807) is 0 Å². The minimum atomic E-state index is 0.340. The molecule has 0 saturated heterocycles. The molecule has 1 saturated carbocycles. The van der Waals surface area contributed by atoms with Crippen molar-refractivity contribution in [3.05, 3.63) is 17.5 Å². The van der Waals surface area contributed by atoms with Crippen LogP contribution in [0.3, 0.4) is 0 Å². The van der Waals surface area contributed by atoms with Gasteiger partial charge in [0.25, 0.3) is 0 Å². The van der Waals surface area contributed by atoms with Crippen molar-refractivity contribution in [2.24, 2.45) is 5.84 Å². The van der Waals surface area contributed by atoms with E-state index in [-0.39, 0.29) is 0 Å². The van der Waals surface area contributed by atoms with Gasteiger partial charge in [-0.25, -0.2) is 0 Å². The monoisotopic (exact) mass is 282 g/mol. The molecule has 3 N–H and O–H groups in total. The Balaban J connectivity index is 1.86. The molecule has 19 heavy (non-hydrogen) atoms. The summed E-state index contributed by atoms with van der Waals surface area (Å²) in [5.74, 6) is 6.80. The van der Waals surface area contributed by atoms with Crippen molar-refractivity contribution in [3.8, 4) is 0 Å². The van der Waals surface area contributed by atoms with Crippen LogP contribution in [-0.2, 0) is 13.0 Å². The van der Waals surface area contributed by atoms with Crippen LogP contribution in [0.5, 0.6) is 0 Å². The number of hydrogen-bond acceptors (Lipinski definition) is 4. The first-order valence-corrected chi connectivity index (χ1v) is 8.38. The van der Waals surface area contributed by atoms with Gasteiger partial charge in [0.05, 0.1) is 5.69 Å². The van der Waals surface area contributed by atoms with Crippen LogP contribution in [0, 0.1) is 6.92 Å². The number of rotatable bonds is 7. The van der Waals surface area contributed by atoms with E-state index in [0.29, 0.717) is 6.04 Å². The van der Waals surface area contributed by atoms with Crippen molar-refractivity contribution in [2.45, 2.75) is 63.8 Å². The van der Waals surface area contributed by atoms with Crippen molar-refractivity contribution >= 4 is 11.8 Å². The number of hydrogen-bond donors (Lipinski definition) is 2. The molecule has 1 unspecified atom stereocenters. The predicted octanol–water partition coefficient (Wildman–Crippen LogP) is 2.26. The van der Waals surface area contributed by atoms with Crippen LogP contribution < -0.4 is 11.3 Å². The number of thioether (sulfide) groups is 1. The second-order valence-electron chi connectivity index (χ2n) is 5.40. The molecule has 108 valence electrons. The molecule has 2 rings (SSSR count). The van der Waals surface area contributed by atoms with Gasteiger partial charge < -0.3 is 0 Å². The maximum absolute atomic E-state index is 5.71. The van der Waals surface area contributed by atoms with Gasteiger partial charge in [-0.2, -0.15) is 16.9 Å².